The van der Waals surface area contributed by atoms with Crippen LogP contribution in [0.5, 0.6) is 5.75 Å². The van der Waals surface area contributed by atoms with Crippen LogP contribution < -0.4 is 10.5 Å². The molecule has 3 N–H and O–H groups in total. The first-order chi connectivity index (χ1) is 10.6. The highest BCUT2D eigenvalue weighted by Gasteiger charge is 2.15. The lowest BCUT2D eigenvalue weighted by molar-refractivity contribution is -0.137. The number of nitrogens with two attached hydrogens (primary N) is 1. The van der Waals surface area contributed by atoms with Crippen LogP contribution in [0.15, 0.2) is 48.5 Å². The van der Waals surface area contributed by atoms with Gasteiger partial charge in [0.15, 0.2) is 0 Å². The Labute approximate surface area is 126 Å². The van der Waals surface area contributed by atoms with Crippen LogP contribution in [0.25, 0.3) is 11.0 Å². The molecule has 6 nitrogen and oxygen atoms in total. The summed E-state index contributed by atoms with van der Waals surface area (Å²) in [5.74, 6) is 0.284. The van der Waals surface area contributed by atoms with Crippen molar-refractivity contribution in [1.82, 2.24) is 9.55 Å². The number of ether oxygens (including phenoxy) is 1. The lowest BCUT2D eigenvalue weighted by Gasteiger charge is -2.08. The fourth-order valence-electron chi connectivity index (χ4n) is 2.30. The van der Waals surface area contributed by atoms with Crippen molar-refractivity contribution < 1.29 is 14.6 Å². The highest BCUT2D eigenvalue weighted by atomic mass is 16.5. The molecule has 6 heteroatoms. The molecule has 0 unspecified atom stereocenters. The number of carboxylic acid groups (broad SMARTS) is 1. The van der Waals surface area contributed by atoms with E-state index in [1.165, 1.54) is 0 Å². The summed E-state index contributed by atoms with van der Waals surface area (Å²) in [5, 5.41) is 9.10. The van der Waals surface area contributed by atoms with Crippen molar-refractivity contribution in [3.63, 3.8) is 0 Å². The smallest absolute Gasteiger partial charge is 0.323 e. The maximum absolute atomic E-state index is 11.1. The molecule has 1 aromatic heterocycles. The van der Waals surface area contributed by atoms with Gasteiger partial charge in [-0.25, -0.2) is 4.98 Å². The molecule has 0 radical (unpaired) electrons. The number of imidazole rings is 1. The monoisotopic (exact) mass is 297 g/mol. The lowest BCUT2D eigenvalue weighted by Crippen LogP contribution is -2.13. The zero-order valence-electron chi connectivity index (χ0n) is 11.8. The van der Waals surface area contributed by atoms with Gasteiger partial charge in [-0.15, -0.1) is 0 Å². The third-order valence-corrected chi connectivity index (χ3v) is 3.29. The molecule has 0 atom stereocenters. The van der Waals surface area contributed by atoms with Crippen LogP contribution in [0.1, 0.15) is 5.82 Å². The van der Waals surface area contributed by atoms with Gasteiger partial charge in [0.1, 0.15) is 30.2 Å². The Morgan fingerprint density at radius 2 is 1.95 bits per heavy atom. The Balaban J connectivity index is 1.96. The average Bonchev–Trinajstić information content (AvgIpc) is 2.85. The van der Waals surface area contributed by atoms with Crippen LogP contribution in [0.3, 0.4) is 0 Å². The van der Waals surface area contributed by atoms with Crippen LogP contribution in [-0.4, -0.2) is 20.6 Å². The molecule has 0 saturated carbocycles. The highest BCUT2D eigenvalue weighted by Crippen LogP contribution is 2.23. The molecule has 3 aromatic rings. The van der Waals surface area contributed by atoms with E-state index in [0.29, 0.717) is 28.3 Å². The number of carboxylic acids is 1. The molecule has 3 rings (SSSR count). The van der Waals surface area contributed by atoms with Gasteiger partial charge in [0.2, 0.25) is 0 Å². The molecule has 2 aromatic carbocycles. The fraction of sp³-hybridized carbons (Fsp3) is 0.125. The second kappa shape index (κ2) is 5.77. The van der Waals surface area contributed by atoms with Crippen LogP contribution in [0.2, 0.25) is 0 Å². The summed E-state index contributed by atoms with van der Waals surface area (Å²) in [6.07, 6.45) is 0. The molecule has 0 amide bonds. The predicted molar refractivity (Wildman–Crippen MR) is 82.6 cm³/mol. The van der Waals surface area contributed by atoms with E-state index in [9.17, 15) is 4.79 Å². The summed E-state index contributed by atoms with van der Waals surface area (Å²) < 4.78 is 7.27. The molecule has 0 spiro atoms. The van der Waals surface area contributed by atoms with Crippen LogP contribution in [-0.2, 0) is 17.9 Å². The van der Waals surface area contributed by atoms with Gasteiger partial charge in [0.05, 0.1) is 11.2 Å². The quantitative estimate of drug-likeness (QED) is 0.705. The van der Waals surface area contributed by atoms with Crippen molar-refractivity contribution in [2.45, 2.75) is 13.2 Å². The molecule has 0 saturated heterocycles. The first-order valence-corrected chi connectivity index (χ1v) is 6.78. The number of fused-ring (bicyclic) bond motifs is 1. The molecule has 112 valence electrons. The van der Waals surface area contributed by atoms with Crippen molar-refractivity contribution in [3.05, 3.63) is 54.4 Å². The first-order valence-electron chi connectivity index (χ1n) is 6.78. The lowest BCUT2D eigenvalue weighted by atomic mass is 10.3. The first kappa shape index (κ1) is 13.9. The van der Waals surface area contributed by atoms with Gasteiger partial charge in [-0.05, 0) is 24.3 Å². The number of aromatic nitrogens is 2. The second-order valence-corrected chi connectivity index (χ2v) is 4.82. The Bertz CT molecular complexity index is 812. The highest BCUT2D eigenvalue weighted by molar-refractivity contribution is 5.88. The number of carbonyl (C=O) groups is 1. The van der Waals surface area contributed by atoms with E-state index < -0.39 is 5.97 Å². The average molecular weight is 297 g/mol. The molecule has 0 aliphatic heterocycles. The number of nitrogen functional groups attached to an aromatic ring is 1. The maximum atomic E-state index is 11.1. The summed E-state index contributed by atoms with van der Waals surface area (Å²) in [7, 11) is 0. The number of para-hydroxylation sites is 2. The maximum Gasteiger partial charge on any atom is 0.323 e. The van der Waals surface area contributed by atoms with Crippen LogP contribution in [0, 0.1) is 0 Å². The third kappa shape index (κ3) is 2.71. The van der Waals surface area contributed by atoms with Crippen molar-refractivity contribution in [3.8, 4) is 5.75 Å². The zero-order valence-corrected chi connectivity index (χ0v) is 11.8. The van der Waals surface area contributed by atoms with E-state index in [0.717, 1.165) is 0 Å². The molecular formula is C16H15N3O3. The van der Waals surface area contributed by atoms with Crippen LogP contribution >= 0.6 is 0 Å². The van der Waals surface area contributed by atoms with Gasteiger partial charge < -0.3 is 20.1 Å². The molecule has 0 fully saturated rings. The van der Waals surface area contributed by atoms with E-state index in [-0.39, 0.29) is 13.2 Å². The number of anilines is 1. The minimum Gasteiger partial charge on any atom is -0.486 e. The van der Waals surface area contributed by atoms with E-state index in [2.05, 4.69) is 4.98 Å². The summed E-state index contributed by atoms with van der Waals surface area (Å²) in [6.45, 7) is -0.0150. The normalized spacial score (nSPS) is 10.7. The van der Waals surface area contributed by atoms with Crippen molar-refractivity contribution in [2.75, 3.05) is 5.73 Å². The number of nitrogens with zero attached hydrogens (tertiary/aromatic N) is 2. The van der Waals surface area contributed by atoms with Gasteiger partial charge >= 0.3 is 5.97 Å². The van der Waals surface area contributed by atoms with Gasteiger partial charge in [-0.3, -0.25) is 4.79 Å². The summed E-state index contributed by atoms with van der Waals surface area (Å²) in [4.78, 5) is 15.5. The Hall–Kier alpha value is -3.02. The third-order valence-electron chi connectivity index (χ3n) is 3.29. The minimum absolute atomic E-state index is 0.172. The Morgan fingerprint density at radius 1 is 1.18 bits per heavy atom. The zero-order chi connectivity index (χ0) is 15.5. The minimum atomic E-state index is -0.942. The summed E-state index contributed by atoms with van der Waals surface area (Å²) in [5.41, 5.74) is 7.71. The standard InChI is InChI=1S/C16H15N3O3/c17-12-7-4-8-13-16(12)18-14(19(13)9-15(20)21)10-22-11-5-2-1-3-6-11/h1-8H,9-10,17H2,(H,20,21). The van der Waals surface area contributed by atoms with Gasteiger partial charge in [0.25, 0.3) is 0 Å². The van der Waals surface area contributed by atoms with E-state index >= 15 is 0 Å². The van der Waals surface area contributed by atoms with E-state index in [4.69, 9.17) is 15.6 Å². The molecule has 0 bridgehead atoms. The van der Waals surface area contributed by atoms with Crippen LogP contribution in [0.4, 0.5) is 5.69 Å². The Kier molecular flexibility index (Phi) is 3.65. The van der Waals surface area contributed by atoms with Crippen molar-refractivity contribution in [2.24, 2.45) is 0 Å². The Morgan fingerprint density at radius 3 is 2.68 bits per heavy atom. The molecule has 0 aliphatic carbocycles. The summed E-state index contributed by atoms with van der Waals surface area (Å²) >= 11 is 0. The topological polar surface area (TPSA) is 90.4 Å². The molecule has 22 heavy (non-hydrogen) atoms. The SMILES string of the molecule is Nc1cccc2c1nc(COc1ccccc1)n2CC(=O)O. The van der Waals surface area contributed by atoms with Gasteiger partial charge in [-0.1, -0.05) is 24.3 Å². The molecule has 1 heterocycles. The largest absolute Gasteiger partial charge is 0.486 e. The number of hydrogen-bond donors (Lipinski definition) is 2. The predicted octanol–water partition coefficient (Wildman–Crippen LogP) is 2.28. The number of rotatable bonds is 5. The van der Waals surface area contributed by atoms with Crippen molar-refractivity contribution >= 4 is 22.7 Å². The van der Waals surface area contributed by atoms with Crippen molar-refractivity contribution in [1.29, 1.82) is 0 Å². The number of benzene rings is 2. The molecule has 0 aliphatic rings. The molecular weight excluding hydrogens is 282 g/mol. The number of hydrogen-bond acceptors (Lipinski definition) is 4. The number of aliphatic carboxylic acids is 1. The van der Waals surface area contributed by atoms with E-state index in [1.54, 1.807) is 22.8 Å². The fourth-order valence-corrected chi connectivity index (χ4v) is 2.30. The summed E-state index contributed by atoms with van der Waals surface area (Å²) in [6, 6.07) is 14.6. The van der Waals surface area contributed by atoms with E-state index in [1.807, 2.05) is 30.3 Å². The van der Waals surface area contributed by atoms with Gasteiger partial charge in [-0.2, -0.15) is 0 Å². The second-order valence-electron chi connectivity index (χ2n) is 4.82. The van der Waals surface area contributed by atoms with Gasteiger partial charge in [0, 0.05) is 0 Å².